The van der Waals surface area contributed by atoms with E-state index in [1.807, 2.05) is 73.0 Å². The quantitative estimate of drug-likeness (QED) is 0.448. The lowest BCUT2D eigenvalue weighted by Crippen LogP contribution is -2.27. The van der Waals surface area contributed by atoms with E-state index in [4.69, 9.17) is 0 Å². The fourth-order valence-electron chi connectivity index (χ4n) is 3.58. The average Bonchev–Trinajstić information content (AvgIpc) is 3.22. The van der Waals surface area contributed by atoms with E-state index in [-0.39, 0.29) is 17.9 Å². The first-order chi connectivity index (χ1) is 15.0. The van der Waals surface area contributed by atoms with Gasteiger partial charge in [0.1, 0.15) is 0 Å². The highest BCUT2D eigenvalue weighted by atomic mass is 79.9. The van der Waals surface area contributed by atoms with E-state index in [0.29, 0.717) is 30.1 Å². The van der Waals surface area contributed by atoms with Crippen LogP contribution in [-0.4, -0.2) is 25.1 Å². The van der Waals surface area contributed by atoms with Gasteiger partial charge in [-0.1, -0.05) is 46.3 Å². The summed E-state index contributed by atoms with van der Waals surface area (Å²) < 4.78 is 4.25. The molecule has 0 radical (unpaired) electrons. The molecule has 0 aliphatic carbocycles. The molecule has 0 atom stereocenters. The maximum Gasteiger partial charge on any atom is 0.279 e. The van der Waals surface area contributed by atoms with Crippen LogP contribution in [0, 0.1) is 6.92 Å². The Kier molecular flexibility index (Phi) is 5.99. The maximum absolute atomic E-state index is 13.2. The molecule has 31 heavy (non-hydrogen) atoms. The lowest BCUT2D eigenvalue weighted by molar-refractivity contribution is -0.116. The van der Waals surface area contributed by atoms with Crippen LogP contribution in [0.15, 0.2) is 63.9 Å². The Balaban J connectivity index is 1.63. The third-order valence-corrected chi connectivity index (χ3v) is 5.73. The number of fused-ring (bicyclic) bond motifs is 1. The number of carbonyl (C=O) groups is 1. The van der Waals surface area contributed by atoms with E-state index in [1.165, 1.54) is 4.52 Å². The van der Waals surface area contributed by atoms with Crippen LogP contribution in [0.5, 0.6) is 0 Å². The van der Waals surface area contributed by atoms with Gasteiger partial charge >= 0.3 is 0 Å². The van der Waals surface area contributed by atoms with Crippen molar-refractivity contribution >= 4 is 33.3 Å². The van der Waals surface area contributed by atoms with Crippen LogP contribution < -0.4 is 10.9 Å². The molecule has 1 amide bonds. The number of hydrogen-bond donors (Lipinski definition) is 1. The Morgan fingerprint density at radius 2 is 1.81 bits per heavy atom. The molecule has 7 nitrogen and oxygen atoms in total. The van der Waals surface area contributed by atoms with Gasteiger partial charge in [-0.3, -0.25) is 9.59 Å². The van der Waals surface area contributed by atoms with Gasteiger partial charge in [0, 0.05) is 39.9 Å². The second-order valence-electron chi connectivity index (χ2n) is 7.18. The topological polar surface area (TPSA) is 81.3 Å². The third kappa shape index (κ3) is 4.29. The summed E-state index contributed by atoms with van der Waals surface area (Å²) in [4.78, 5) is 30.2. The predicted octanol–water partition coefficient (Wildman–Crippen LogP) is 4.22. The number of carbonyl (C=O) groups excluding carboxylic acids is 1. The van der Waals surface area contributed by atoms with Crippen molar-refractivity contribution in [1.82, 2.24) is 19.2 Å². The van der Waals surface area contributed by atoms with Gasteiger partial charge in [0.2, 0.25) is 11.7 Å². The Bertz CT molecular complexity index is 1290. The molecule has 2 aromatic carbocycles. The summed E-state index contributed by atoms with van der Waals surface area (Å²) in [7, 11) is 0. The van der Waals surface area contributed by atoms with Crippen molar-refractivity contribution in [3.05, 3.63) is 80.7 Å². The van der Waals surface area contributed by atoms with Crippen molar-refractivity contribution in [2.75, 3.05) is 5.32 Å². The highest BCUT2D eigenvalue weighted by Crippen LogP contribution is 2.18. The summed E-state index contributed by atoms with van der Waals surface area (Å²) in [6, 6.07) is 16.9. The summed E-state index contributed by atoms with van der Waals surface area (Å²) in [6.45, 7) is 4.53. The molecule has 0 bridgehead atoms. The van der Waals surface area contributed by atoms with Gasteiger partial charge in [-0.15, -0.1) is 5.10 Å². The van der Waals surface area contributed by atoms with Gasteiger partial charge in [0.25, 0.3) is 5.56 Å². The number of anilines is 1. The van der Waals surface area contributed by atoms with E-state index in [9.17, 15) is 9.59 Å². The first kappa shape index (κ1) is 21.0. The number of halogens is 1. The second-order valence-corrected chi connectivity index (χ2v) is 8.10. The van der Waals surface area contributed by atoms with Crippen LogP contribution in [0.25, 0.3) is 17.2 Å². The maximum atomic E-state index is 13.2. The molecule has 0 spiro atoms. The SMILES string of the molecule is CCn1c(C)c(CCC(=O)Nc2ccc(Br)cc2)c(=O)n2nc(-c3ccccc3)nc12. The molecule has 0 saturated carbocycles. The molecule has 0 fully saturated rings. The van der Waals surface area contributed by atoms with Crippen molar-refractivity contribution < 1.29 is 4.79 Å². The van der Waals surface area contributed by atoms with Crippen molar-refractivity contribution in [3.63, 3.8) is 0 Å². The molecular formula is C23H22BrN5O2. The van der Waals surface area contributed by atoms with E-state index < -0.39 is 0 Å². The Labute approximate surface area is 187 Å². The smallest absolute Gasteiger partial charge is 0.279 e. The van der Waals surface area contributed by atoms with Crippen LogP contribution >= 0.6 is 15.9 Å². The Morgan fingerprint density at radius 1 is 1.10 bits per heavy atom. The average molecular weight is 480 g/mol. The molecule has 4 aromatic rings. The van der Waals surface area contributed by atoms with Crippen molar-refractivity contribution in [1.29, 1.82) is 0 Å². The highest BCUT2D eigenvalue weighted by Gasteiger charge is 2.18. The first-order valence-corrected chi connectivity index (χ1v) is 10.9. The zero-order chi connectivity index (χ0) is 22.0. The largest absolute Gasteiger partial charge is 0.326 e. The molecule has 2 heterocycles. The number of benzene rings is 2. The number of rotatable bonds is 6. The lowest BCUT2D eigenvalue weighted by atomic mass is 10.1. The summed E-state index contributed by atoms with van der Waals surface area (Å²) >= 11 is 3.38. The highest BCUT2D eigenvalue weighted by molar-refractivity contribution is 9.10. The van der Waals surface area contributed by atoms with Crippen LogP contribution in [0.2, 0.25) is 0 Å². The monoisotopic (exact) mass is 479 g/mol. The first-order valence-electron chi connectivity index (χ1n) is 10.1. The van der Waals surface area contributed by atoms with Crippen LogP contribution in [0.4, 0.5) is 5.69 Å². The van der Waals surface area contributed by atoms with Gasteiger partial charge in [-0.2, -0.15) is 9.50 Å². The summed E-state index contributed by atoms with van der Waals surface area (Å²) in [5.41, 5.74) is 2.72. The number of nitrogens with zero attached hydrogens (tertiary/aromatic N) is 4. The van der Waals surface area contributed by atoms with Gasteiger partial charge in [0.05, 0.1) is 0 Å². The third-order valence-electron chi connectivity index (χ3n) is 5.20. The molecule has 8 heteroatoms. The fraction of sp³-hybridized carbons (Fsp3) is 0.217. The molecule has 0 saturated heterocycles. The molecule has 2 aromatic heterocycles. The minimum atomic E-state index is -0.233. The predicted molar refractivity (Wildman–Crippen MR) is 124 cm³/mol. The zero-order valence-electron chi connectivity index (χ0n) is 17.3. The molecule has 0 unspecified atom stereocenters. The second kappa shape index (κ2) is 8.85. The number of nitrogens with one attached hydrogen (secondary N) is 1. The normalized spacial score (nSPS) is 11.1. The molecule has 0 aliphatic rings. The molecule has 158 valence electrons. The fourth-order valence-corrected chi connectivity index (χ4v) is 3.85. The number of aryl methyl sites for hydroxylation is 1. The van der Waals surface area contributed by atoms with Crippen molar-refractivity contribution in [2.45, 2.75) is 33.2 Å². The molecular weight excluding hydrogens is 458 g/mol. The minimum absolute atomic E-state index is 0.146. The van der Waals surface area contributed by atoms with Crippen molar-refractivity contribution in [2.24, 2.45) is 0 Å². The number of aromatic nitrogens is 4. The number of amides is 1. The van der Waals surface area contributed by atoms with Crippen LogP contribution in [-0.2, 0) is 17.8 Å². The molecule has 1 N–H and O–H groups in total. The standard InChI is InChI=1S/C23H22BrN5O2/c1-3-28-15(2)19(13-14-20(30)25-18-11-9-17(24)10-12-18)22(31)29-23(28)26-21(27-29)16-7-5-4-6-8-16/h4-12H,3,13-14H2,1-2H3,(H,25,30). The molecule has 0 aliphatic heterocycles. The minimum Gasteiger partial charge on any atom is -0.326 e. The van der Waals surface area contributed by atoms with E-state index in [0.717, 1.165) is 21.4 Å². The van der Waals surface area contributed by atoms with E-state index in [1.54, 1.807) is 0 Å². The summed E-state index contributed by atoms with van der Waals surface area (Å²) in [5, 5.41) is 7.33. The van der Waals surface area contributed by atoms with E-state index in [2.05, 4.69) is 31.3 Å². The lowest BCUT2D eigenvalue weighted by Gasteiger charge is -2.13. The summed E-state index contributed by atoms with van der Waals surface area (Å²) in [6.07, 6.45) is 0.519. The van der Waals surface area contributed by atoms with Gasteiger partial charge in [0.15, 0.2) is 5.82 Å². The van der Waals surface area contributed by atoms with Crippen LogP contribution in [0.1, 0.15) is 24.6 Å². The van der Waals surface area contributed by atoms with Gasteiger partial charge in [-0.05, 0) is 44.5 Å². The van der Waals surface area contributed by atoms with Gasteiger partial charge < -0.3 is 9.88 Å². The summed E-state index contributed by atoms with van der Waals surface area (Å²) in [5.74, 6) is 0.865. The van der Waals surface area contributed by atoms with Gasteiger partial charge in [-0.25, -0.2) is 0 Å². The molecule has 4 rings (SSSR count). The van der Waals surface area contributed by atoms with Crippen LogP contribution in [0.3, 0.4) is 0 Å². The van der Waals surface area contributed by atoms with E-state index >= 15 is 0 Å². The Morgan fingerprint density at radius 3 is 2.48 bits per heavy atom. The zero-order valence-corrected chi connectivity index (χ0v) is 18.9. The number of hydrogen-bond acceptors (Lipinski definition) is 4. The Hall–Kier alpha value is -3.26. The van der Waals surface area contributed by atoms with Crippen molar-refractivity contribution in [3.8, 4) is 11.4 Å².